The zero-order valence-corrected chi connectivity index (χ0v) is 6.10. The summed E-state index contributed by atoms with van der Waals surface area (Å²) in [4.78, 5) is 0. The summed E-state index contributed by atoms with van der Waals surface area (Å²) in [6.07, 6.45) is 1.23. The summed E-state index contributed by atoms with van der Waals surface area (Å²) >= 11 is 2.35. The maximum Gasteiger partial charge on any atom is 0.0137 e. The van der Waals surface area contributed by atoms with Gasteiger partial charge in [-0.15, -0.1) is 0 Å². The van der Waals surface area contributed by atoms with Gasteiger partial charge in [0.25, 0.3) is 0 Å². The molecule has 0 saturated carbocycles. The molecule has 0 rings (SSSR count). The van der Waals surface area contributed by atoms with Crippen LogP contribution in [0.5, 0.6) is 0 Å². The highest BCUT2D eigenvalue weighted by atomic mass is 127. The van der Waals surface area contributed by atoms with Crippen molar-refractivity contribution in [2.45, 2.75) is 6.42 Å². The van der Waals surface area contributed by atoms with Crippen LogP contribution in [0.3, 0.4) is 0 Å². The number of nitrogens with zero attached hydrogens (tertiary/aromatic N) is 1. The van der Waals surface area contributed by atoms with Gasteiger partial charge in [0.05, 0.1) is 0 Å². The Morgan fingerprint density at radius 3 is 2.50 bits per heavy atom. The van der Waals surface area contributed by atoms with E-state index in [1.165, 1.54) is 10.8 Å². The van der Waals surface area contributed by atoms with Crippen molar-refractivity contribution in [3.63, 3.8) is 0 Å². The second-order valence-corrected chi connectivity index (χ2v) is 2.16. The Morgan fingerprint density at radius 1 is 1.67 bits per heavy atom. The zero-order chi connectivity index (χ0) is 4.83. The van der Waals surface area contributed by atoms with Gasteiger partial charge in [-0.1, -0.05) is 22.6 Å². The third-order valence-electron chi connectivity index (χ3n) is 0.515. The number of halogens is 1. The second-order valence-electron chi connectivity index (χ2n) is 1.08. The van der Waals surface area contributed by atoms with Crippen LogP contribution in [-0.2, 0) is 0 Å². The Balaban J connectivity index is 2.34. The van der Waals surface area contributed by atoms with Crippen LogP contribution < -0.4 is 5.32 Å². The van der Waals surface area contributed by atoms with Gasteiger partial charge in [0.15, 0.2) is 0 Å². The van der Waals surface area contributed by atoms with Crippen LogP contribution in [0.1, 0.15) is 6.42 Å². The van der Waals surface area contributed by atoms with E-state index in [-0.39, 0.29) is 0 Å². The third-order valence-corrected chi connectivity index (χ3v) is 1.28. The van der Waals surface area contributed by atoms with Gasteiger partial charge in [-0.05, 0) is 6.42 Å². The first-order valence-corrected chi connectivity index (χ1v) is 3.56. The first-order chi connectivity index (χ1) is 2.91. The molecule has 0 aliphatic carbocycles. The number of hydrogen-bond donors (Lipinski definition) is 0. The highest BCUT2D eigenvalue weighted by Crippen LogP contribution is 1.84. The van der Waals surface area contributed by atoms with E-state index in [0.717, 1.165) is 6.54 Å². The second kappa shape index (κ2) is 5.69. The minimum absolute atomic E-state index is 1.03. The molecule has 0 aromatic heterocycles. The molecule has 0 fully saturated rings. The zero-order valence-electron chi connectivity index (χ0n) is 3.95. The Labute approximate surface area is 52.6 Å². The van der Waals surface area contributed by atoms with Gasteiger partial charge < -0.3 is 0 Å². The van der Waals surface area contributed by atoms with E-state index in [2.05, 4.69) is 27.9 Å². The quantitative estimate of drug-likeness (QED) is 0.365. The smallest absolute Gasteiger partial charge is 0.0137 e. The van der Waals surface area contributed by atoms with Crippen LogP contribution in [-0.4, -0.2) is 18.0 Å². The fourth-order valence-electron chi connectivity index (χ4n) is 0.218. The molecular weight excluding hydrogens is 189 g/mol. The minimum atomic E-state index is 1.03. The Bertz CT molecular complexity index is 19.5. The Kier molecular flexibility index (Phi) is 6.34. The van der Waals surface area contributed by atoms with Gasteiger partial charge in [-0.25, -0.2) is 5.32 Å². The lowest BCUT2D eigenvalue weighted by Crippen LogP contribution is -1.98. The van der Waals surface area contributed by atoms with Gasteiger partial charge in [0, 0.05) is 18.0 Å². The molecular formula is C4H9IN. The van der Waals surface area contributed by atoms with Gasteiger partial charge in [-0.3, -0.25) is 0 Å². The lowest BCUT2D eigenvalue weighted by atomic mass is 10.5. The highest BCUT2D eigenvalue weighted by Gasteiger charge is 1.76. The van der Waals surface area contributed by atoms with Crippen molar-refractivity contribution in [1.82, 2.24) is 5.32 Å². The van der Waals surface area contributed by atoms with E-state index < -0.39 is 0 Å². The molecule has 2 heteroatoms. The molecule has 0 aliphatic heterocycles. The molecule has 0 heterocycles. The molecule has 0 N–H and O–H groups in total. The van der Waals surface area contributed by atoms with Crippen LogP contribution in [0, 0.1) is 0 Å². The average Bonchev–Trinajstić information content (AvgIpc) is 1.61. The van der Waals surface area contributed by atoms with Gasteiger partial charge in [0.1, 0.15) is 0 Å². The summed E-state index contributed by atoms with van der Waals surface area (Å²) in [5, 5.41) is 3.92. The largest absolute Gasteiger partial charge is 0.245 e. The van der Waals surface area contributed by atoms with E-state index in [0.29, 0.717) is 0 Å². The molecule has 0 aliphatic rings. The fourth-order valence-corrected chi connectivity index (χ4v) is 0.559. The lowest BCUT2D eigenvalue weighted by Gasteiger charge is -1.86. The van der Waals surface area contributed by atoms with Crippen LogP contribution in [0.4, 0.5) is 0 Å². The average molecular weight is 198 g/mol. The van der Waals surface area contributed by atoms with E-state index in [9.17, 15) is 0 Å². The third kappa shape index (κ3) is 4.69. The van der Waals surface area contributed by atoms with E-state index in [1.54, 1.807) is 0 Å². The Hall–Kier alpha value is 0.690. The maximum atomic E-state index is 3.92. The van der Waals surface area contributed by atoms with Crippen molar-refractivity contribution >= 4 is 22.6 Å². The lowest BCUT2D eigenvalue weighted by molar-refractivity contribution is 0.769. The molecule has 37 valence electrons. The summed E-state index contributed by atoms with van der Waals surface area (Å²) in [7, 11) is 1.85. The van der Waals surface area contributed by atoms with Crippen molar-refractivity contribution in [1.29, 1.82) is 0 Å². The molecule has 0 amide bonds. The first-order valence-electron chi connectivity index (χ1n) is 2.03. The maximum absolute atomic E-state index is 3.92. The van der Waals surface area contributed by atoms with Crippen molar-refractivity contribution in [3.8, 4) is 0 Å². The molecule has 0 spiro atoms. The normalized spacial score (nSPS) is 9.00. The monoisotopic (exact) mass is 198 g/mol. The molecule has 0 saturated heterocycles. The molecule has 6 heavy (non-hydrogen) atoms. The molecule has 0 aromatic rings. The van der Waals surface area contributed by atoms with Crippen LogP contribution in [0.15, 0.2) is 0 Å². The number of hydrogen-bond acceptors (Lipinski definition) is 0. The molecule has 0 aromatic carbocycles. The van der Waals surface area contributed by atoms with Crippen molar-refractivity contribution in [3.05, 3.63) is 0 Å². The SMILES string of the molecule is C[N]CCCI. The molecule has 0 unspecified atom stereocenters. The molecule has 0 atom stereocenters. The van der Waals surface area contributed by atoms with E-state index in [1.807, 2.05) is 7.05 Å². The summed E-state index contributed by atoms with van der Waals surface area (Å²) < 4.78 is 1.23. The number of alkyl halides is 1. The van der Waals surface area contributed by atoms with Crippen molar-refractivity contribution in [2.24, 2.45) is 0 Å². The fraction of sp³-hybridized carbons (Fsp3) is 1.00. The van der Waals surface area contributed by atoms with Crippen molar-refractivity contribution in [2.75, 3.05) is 18.0 Å². The van der Waals surface area contributed by atoms with E-state index in [4.69, 9.17) is 0 Å². The number of rotatable bonds is 3. The molecule has 0 bridgehead atoms. The van der Waals surface area contributed by atoms with E-state index >= 15 is 0 Å². The standard InChI is InChI=1S/C4H9IN/c1-6-4-2-3-5/h2-4H2,1H3. The van der Waals surface area contributed by atoms with Gasteiger partial charge in [-0.2, -0.15) is 0 Å². The van der Waals surface area contributed by atoms with Gasteiger partial charge >= 0.3 is 0 Å². The predicted molar refractivity (Wildman–Crippen MR) is 36.4 cm³/mol. The highest BCUT2D eigenvalue weighted by molar-refractivity contribution is 14.1. The topological polar surface area (TPSA) is 14.1 Å². The van der Waals surface area contributed by atoms with Crippen molar-refractivity contribution < 1.29 is 0 Å². The summed E-state index contributed by atoms with van der Waals surface area (Å²) in [6.45, 7) is 1.03. The van der Waals surface area contributed by atoms with Crippen LogP contribution in [0.25, 0.3) is 0 Å². The Morgan fingerprint density at radius 2 is 2.33 bits per heavy atom. The summed E-state index contributed by atoms with van der Waals surface area (Å²) in [6, 6.07) is 0. The van der Waals surface area contributed by atoms with Gasteiger partial charge in [0.2, 0.25) is 0 Å². The first kappa shape index (κ1) is 6.69. The predicted octanol–water partition coefficient (Wildman–Crippen LogP) is 1.05. The summed E-state index contributed by atoms with van der Waals surface area (Å²) in [5.41, 5.74) is 0. The van der Waals surface area contributed by atoms with Crippen LogP contribution in [0.2, 0.25) is 0 Å². The minimum Gasteiger partial charge on any atom is -0.245 e. The molecule has 1 radical (unpaired) electrons. The summed E-state index contributed by atoms with van der Waals surface area (Å²) in [5.74, 6) is 0. The molecule has 1 nitrogen and oxygen atoms in total. The van der Waals surface area contributed by atoms with Crippen LogP contribution >= 0.6 is 22.6 Å².